The number of nitrogens with two attached hydrogens (primary N) is 1. The molecule has 0 radical (unpaired) electrons. The van der Waals surface area contributed by atoms with Crippen molar-refractivity contribution >= 4 is 11.7 Å². The first kappa shape index (κ1) is 14.1. The fourth-order valence-electron chi connectivity index (χ4n) is 1.67. The molecule has 2 aromatic rings. The Hall–Kier alpha value is -2.35. The van der Waals surface area contributed by atoms with E-state index in [4.69, 9.17) is 5.73 Å². The van der Waals surface area contributed by atoms with Crippen molar-refractivity contribution in [2.24, 2.45) is 12.8 Å². The molecule has 5 nitrogen and oxygen atoms in total. The smallest absolute Gasteiger partial charge is 0.259 e. The molecule has 1 amide bonds. The number of nitrogens with one attached hydrogen (secondary N) is 1. The quantitative estimate of drug-likeness (QED) is 0.840. The van der Waals surface area contributed by atoms with Gasteiger partial charge in [0.15, 0.2) is 23.3 Å². The van der Waals surface area contributed by atoms with E-state index in [-0.39, 0.29) is 12.4 Å². The average Bonchev–Trinajstić information content (AvgIpc) is 2.76. The van der Waals surface area contributed by atoms with Crippen molar-refractivity contribution in [3.8, 4) is 0 Å². The summed E-state index contributed by atoms with van der Waals surface area (Å²) in [5, 5.41) is 6.24. The highest BCUT2D eigenvalue weighted by molar-refractivity contribution is 6.04. The highest BCUT2D eigenvalue weighted by Gasteiger charge is 2.20. The van der Waals surface area contributed by atoms with Crippen LogP contribution in [0.4, 0.5) is 19.0 Å². The number of rotatable bonds is 3. The van der Waals surface area contributed by atoms with E-state index in [9.17, 15) is 18.0 Å². The van der Waals surface area contributed by atoms with Crippen LogP contribution in [0.3, 0.4) is 0 Å². The summed E-state index contributed by atoms with van der Waals surface area (Å²) < 4.78 is 40.8. The van der Waals surface area contributed by atoms with Crippen molar-refractivity contribution in [2.45, 2.75) is 6.54 Å². The Kier molecular flexibility index (Phi) is 3.75. The second-order valence-electron chi connectivity index (χ2n) is 4.06. The number of aromatic nitrogens is 2. The summed E-state index contributed by atoms with van der Waals surface area (Å²) in [6.45, 7) is 0.115. The Labute approximate surface area is 112 Å². The first-order valence-corrected chi connectivity index (χ1v) is 5.61. The van der Waals surface area contributed by atoms with Crippen molar-refractivity contribution < 1.29 is 18.0 Å². The Bertz CT molecular complexity index is 669. The van der Waals surface area contributed by atoms with Crippen molar-refractivity contribution in [2.75, 3.05) is 5.32 Å². The molecule has 0 spiro atoms. The molecule has 3 N–H and O–H groups in total. The first-order valence-electron chi connectivity index (χ1n) is 5.61. The summed E-state index contributed by atoms with van der Waals surface area (Å²) in [5.41, 5.74) is 5.38. The van der Waals surface area contributed by atoms with Crippen molar-refractivity contribution in [3.63, 3.8) is 0 Å². The van der Waals surface area contributed by atoms with Crippen LogP contribution in [0.5, 0.6) is 0 Å². The maximum absolute atomic E-state index is 13.5. The van der Waals surface area contributed by atoms with Gasteiger partial charge in [-0.05, 0) is 12.1 Å². The van der Waals surface area contributed by atoms with E-state index < -0.39 is 28.9 Å². The van der Waals surface area contributed by atoms with Gasteiger partial charge in [-0.25, -0.2) is 13.2 Å². The standard InChI is InChI=1S/C12H11F3N4O/c1-19-5-6(4-16)11(18-19)17-12(20)7-2-3-8(13)10(15)9(7)14/h2-3,5H,4,16H2,1H3,(H,17,18,20). The predicted octanol–water partition coefficient (Wildman–Crippen LogP) is 1.55. The molecule has 1 heterocycles. The molecule has 0 bridgehead atoms. The average molecular weight is 284 g/mol. The number of anilines is 1. The Morgan fingerprint density at radius 3 is 2.70 bits per heavy atom. The van der Waals surface area contributed by atoms with Gasteiger partial charge in [0.1, 0.15) is 0 Å². The van der Waals surface area contributed by atoms with Gasteiger partial charge in [-0.2, -0.15) is 5.10 Å². The number of hydrogen-bond donors (Lipinski definition) is 2. The zero-order valence-corrected chi connectivity index (χ0v) is 10.5. The lowest BCUT2D eigenvalue weighted by atomic mass is 10.2. The van der Waals surface area contributed by atoms with Crippen LogP contribution in [0.25, 0.3) is 0 Å². The van der Waals surface area contributed by atoms with Crippen LogP contribution < -0.4 is 11.1 Å². The summed E-state index contributed by atoms with van der Waals surface area (Å²) in [6.07, 6.45) is 1.58. The maximum Gasteiger partial charge on any atom is 0.259 e. The number of hydrogen-bond acceptors (Lipinski definition) is 3. The van der Waals surface area contributed by atoms with Gasteiger partial charge in [-0.15, -0.1) is 0 Å². The lowest BCUT2D eigenvalue weighted by Gasteiger charge is -2.06. The van der Waals surface area contributed by atoms with Crippen LogP contribution in [0.2, 0.25) is 0 Å². The zero-order chi connectivity index (χ0) is 14.9. The molecule has 8 heteroatoms. The van der Waals surface area contributed by atoms with E-state index in [2.05, 4.69) is 10.4 Å². The monoisotopic (exact) mass is 284 g/mol. The van der Waals surface area contributed by atoms with Gasteiger partial charge < -0.3 is 11.1 Å². The van der Waals surface area contributed by atoms with Gasteiger partial charge in [0.05, 0.1) is 5.56 Å². The Balaban J connectivity index is 2.31. The van der Waals surface area contributed by atoms with Crippen LogP contribution in [0.1, 0.15) is 15.9 Å². The van der Waals surface area contributed by atoms with Crippen LogP contribution in [-0.4, -0.2) is 15.7 Å². The fraction of sp³-hybridized carbons (Fsp3) is 0.167. The maximum atomic E-state index is 13.5. The van der Waals surface area contributed by atoms with E-state index >= 15 is 0 Å². The van der Waals surface area contributed by atoms with E-state index in [1.54, 1.807) is 13.2 Å². The normalized spacial score (nSPS) is 10.7. The highest BCUT2D eigenvalue weighted by atomic mass is 19.2. The lowest BCUT2D eigenvalue weighted by Crippen LogP contribution is -2.17. The number of benzene rings is 1. The molecule has 1 aromatic heterocycles. The Morgan fingerprint density at radius 1 is 1.35 bits per heavy atom. The Morgan fingerprint density at radius 2 is 2.05 bits per heavy atom. The first-order chi connectivity index (χ1) is 9.43. The van der Waals surface area contributed by atoms with Crippen molar-refractivity contribution in [1.82, 2.24) is 9.78 Å². The number of aryl methyl sites for hydroxylation is 1. The molecular formula is C12H11F3N4O. The predicted molar refractivity (Wildman–Crippen MR) is 65.4 cm³/mol. The number of nitrogens with zero attached hydrogens (tertiary/aromatic N) is 2. The third kappa shape index (κ3) is 2.50. The molecule has 0 aliphatic carbocycles. The lowest BCUT2D eigenvalue weighted by molar-refractivity contribution is 0.102. The van der Waals surface area contributed by atoms with Gasteiger partial charge >= 0.3 is 0 Å². The minimum Gasteiger partial charge on any atom is -0.326 e. The number of carbonyl (C=O) groups is 1. The molecule has 0 fully saturated rings. The largest absolute Gasteiger partial charge is 0.326 e. The van der Waals surface area contributed by atoms with Crippen molar-refractivity contribution in [3.05, 3.63) is 46.9 Å². The minimum absolute atomic E-state index is 0.115. The summed E-state index contributed by atoms with van der Waals surface area (Å²) in [7, 11) is 1.62. The van der Waals surface area contributed by atoms with Crippen LogP contribution in [-0.2, 0) is 13.6 Å². The molecule has 20 heavy (non-hydrogen) atoms. The van der Waals surface area contributed by atoms with Gasteiger partial charge in [0.2, 0.25) is 0 Å². The van der Waals surface area contributed by atoms with Crippen LogP contribution >= 0.6 is 0 Å². The van der Waals surface area contributed by atoms with Gasteiger partial charge in [0.25, 0.3) is 5.91 Å². The molecule has 2 rings (SSSR count). The second kappa shape index (κ2) is 5.33. The van der Waals surface area contributed by atoms with Crippen molar-refractivity contribution in [1.29, 1.82) is 0 Å². The van der Waals surface area contributed by atoms with E-state index in [1.165, 1.54) is 4.68 Å². The topological polar surface area (TPSA) is 72.9 Å². The van der Waals surface area contributed by atoms with E-state index in [1.807, 2.05) is 0 Å². The molecule has 0 unspecified atom stereocenters. The molecule has 0 saturated heterocycles. The molecular weight excluding hydrogens is 273 g/mol. The SMILES string of the molecule is Cn1cc(CN)c(NC(=O)c2ccc(F)c(F)c2F)n1. The fourth-order valence-corrected chi connectivity index (χ4v) is 1.67. The molecule has 1 aromatic carbocycles. The zero-order valence-electron chi connectivity index (χ0n) is 10.5. The van der Waals surface area contributed by atoms with Gasteiger partial charge in [-0.1, -0.05) is 0 Å². The summed E-state index contributed by atoms with van der Waals surface area (Å²) in [5.74, 6) is -5.40. The summed E-state index contributed by atoms with van der Waals surface area (Å²) >= 11 is 0. The molecule has 0 saturated carbocycles. The molecule has 0 aliphatic heterocycles. The van der Waals surface area contributed by atoms with Gasteiger partial charge in [-0.3, -0.25) is 9.48 Å². The van der Waals surface area contributed by atoms with Crippen LogP contribution in [0, 0.1) is 17.5 Å². The highest BCUT2D eigenvalue weighted by Crippen LogP contribution is 2.18. The van der Waals surface area contributed by atoms with E-state index in [0.717, 1.165) is 6.07 Å². The minimum atomic E-state index is -1.70. The number of halogens is 3. The third-order valence-electron chi connectivity index (χ3n) is 2.64. The summed E-state index contributed by atoms with van der Waals surface area (Å²) in [6, 6.07) is 1.53. The van der Waals surface area contributed by atoms with Crippen LogP contribution in [0.15, 0.2) is 18.3 Å². The molecule has 0 atom stereocenters. The molecule has 0 aliphatic rings. The summed E-state index contributed by atoms with van der Waals surface area (Å²) in [4.78, 5) is 11.8. The van der Waals surface area contributed by atoms with Gasteiger partial charge in [0, 0.05) is 25.4 Å². The van der Waals surface area contributed by atoms with E-state index in [0.29, 0.717) is 11.6 Å². The number of carbonyl (C=O) groups excluding carboxylic acids is 1. The second-order valence-corrected chi connectivity index (χ2v) is 4.06. The molecule has 106 valence electrons. The number of amides is 1. The third-order valence-corrected chi connectivity index (χ3v) is 2.64.